The summed E-state index contributed by atoms with van der Waals surface area (Å²) in [6.45, 7) is 0.750. The third-order valence-electron chi connectivity index (χ3n) is 6.33. The van der Waals surface area contributed by atoms with Gasteiger partial charge in [-0.3, -0.25) is 4.79 Å². The molecule has 2 heterocycles. The van der Waals surface area contributed by atoms with Crippen molar-refractivity contribution in [2.45, 2.75) is 55.2 Å². The number of amides is 1. The Morgan fingerprint density at radius 2 is 2.12 bits per heavy atom. The summed E-state index contributed by atoms with van der Waals surface area (Å²) in [6.07, 6.45) is 6.21. The first-order chi connectivity index (χ1) is 12.4. The summed E-state index contributed by atoms with van der Waals surface area (Å²) in [5.74, 6) is -0.192. The van der Waals surface area contributed by atoms with E-state index < -0.39 is 15.4 Å². The van der Waals surface area contributed by atoms with Gasteiger partial charge in [0, 0.05) is 24.5 Å². The maximum atomic E-state index is 12.9. The molecule has 1 aromatic rings. The molecule has 3 fully saturated rings. The Balaban J connectivity index is 1.45. The largest absolute Gasteiger partial charge is 0.351 e. The van der Waals surface area contributed by atoms with E-state index in [0.29, 0.717) is 23.6 Å². The molecule has 1 aromatic heterocycles. The predicted octanol–water partition coefficient (Wildman–Crippen LogP) is 2.49. The highest BCUT2D eigenvalue weighted by Gasteiger charge is 2.72. The van der Waals surface area contributed by atoms with Gasteiger partial charge in [0.25, 0.3) is 10.0 Å². The molecule has 2 atom stereocenters. The van der Waals surface area contributed by atoms with Crippen LogP contribution in [0.2, 0.25) is 0 Å². The first kappa shape index (κ1) is 18.0. The monoisotopic (exact) mass is 393 g/mol. The molecule has 26 heavy (non-hydrogen) atoms. The highest BCUT2D eigenvalue weighted by atomic mass is 32.2. The summed E-state index contributed by atoms with van der Waals surface area (Å²) in [4.78, 5) is 12.9. The van der Waals surface area contributed by atoms with Crippen molar-refractivity contribution in [3.8, 4) is 6.07 Å². The van der Waals surface area contributed by atoms with Crippen molar-refractivity contribution in [2.75, 3.05) is 13.1 Å². The summed E-state index contributed by atoms with van der Waals surface area (Å²) in [6, 6.07) is 5.41. The van der Waals surface area contributed by atoms with Crippen molar-refractivity contribution >= 4 is 27.3 Å². The molecule has 8 heteroatoms. The number of hydrogen-bond acceptors (Lipinski definition) is 5. The average Bonchev–Trinajstić information content (AvgIpc) is 3.04. The zero-order chi connectivity index (χ0) is 18.4. The molecule has 1 spiro atoms. The average molecular weight is 394 g/mol. The molecule has 0 aromatic carbocycles. The molecule has 2 saturated carbocycles. The van der Waals surface area contributed by atoms with Crippen molar-refractivity contribution in [2.24, 2.45) is 10.8 Å². The topological polar surface area (TPSA) is 90.3 Å². The van der Waals surface area contributed by atoms with Gasteiger partial charge in [-0.2, -0.15) is 9.57 Å². The van der Waals surface area contributed by atoms with Crippen molar-refractivity contribution in [1.29, 1.82) is 5.26 Å². The SMILES string of the molecule is N#CC1(C(=O)N[C@@H]2CCCN(S(=O)(=O)c3cccs3)C2)CC12CCCC2. The standard InChI is InChI=1S/C18H23N3O3S2/c19-13-18(12-17(18)7-1-2-8-17)16(22)20-14-5-3-9-21(11-14)26(23,24)15-6-4-10-25-15/h4,6,10,14H,1-3,5,7-9,11-12H2,(H,20,22)/t14-,18?/m1/s1. The maximum Gasteiger partial charge on any atom is 0.252 e. The fourth-order valence-corrected chi connectivity index (χ4v) is 7.44. The lowest BCUT2D eigenvalue weighted by molar-refractivity contribution is -0.126. The van der Waals surface area contributed by atoms with Crippen molar-refractivity contribution in [3.63, 3.8) is 0 Å². The van der Waals surface area contributed by atoms with Gasteiger partial charge in [-0.25, -0.2) is 8.42 Å². The first-order valence-electron chi connectivity index (χ1n) is 9.19. The fourth-order valence-electron chi connectivity index (χ4n) is 4.77. The lowest BCUT2D eigenvalue weighted by Crippen LogP contribution is -2.51. The van der Waals surface area contributed by atoms with Gasteiger partial charge < -0.3 is 5.32 Å². The van der Waals surface area contributed by atoms with E-state index in [9.17, 15) is 18.5 Å². The normalized spacial score (nSPS) is 30.8. The number of carbonyl (C=O) groups is 1. The number of piperidine rings is 1. The maximum absolute atomic E-state index is 12.9. The van der Waals surface area contributed by atoms with E-state index in [0.717, 1.165) is 32.1 Å². The summed E-state index contributed by atoms with van der Waals surface area (Å²) in [5, 5.41) is 14.4. The molecule has 6 nitrogen and oxygen atoms in total. The molecule has 3 aliphatic rings. The molecule has 0 radical (unpaired) electrons. The van der Waals surface area contributed by atoms with Crippen LogP contribution in [0, 0.1) is 22.2 Å². The van der Waals surface area contributed by atoms with Gasteiger partial charge in [0.05, 0.1) is 6.07 Å². The molecule has 4 rings (SSSR count). The zero-order valence-corrected chi connectivity index (χ0v) is 16.2. The highest BCUT2D eigenvalue weighted by Crippen LogP contribution is 2.71. The van der Waals surface area contributed by atoms with Crippen LogP contribution in [0.25, 0.3) is 0 Å². The number of nitrogens with zero attached hydrogens (tertiary/aromatic N) is 2. The number of nitrogens with one attached hydrogen (secondary N) is 1. The second-order valence-electron chi connectivity index (χ2n) is 7.79. The van der Waals surface area contributed by atoms with Crippen LogP contribution in [0.5, 0.6) is 0 Å². The summed E-state index contributed by atoms with van der Waals surface area (Å²) < 4.78 is 27.2. The van der Waals surface area contributed by atoms with Crippen LogP contribution >= 0.6 is 11.3 Å². The van der Waals surface area contributed by atoms with Gasteiger partial charge in [0.1, 0.15) is 9.62 Å². The molecule has 140 valence electrons. The number of rotatable bonds is 4. The van der Waals surface area contributed by atoms with Gasteiger partial charge in [-0.1, -0.05) is 18.9 Å². The minimum Gasteiger partial charge on any atom is -0.351 e. The third-order valence-corrected chi connectivity index (χ3v) is 9.57. The molecule has 1 N–H and O–H groups in total. The molecule has 1 amide bonds. The fraction of sp³-hybridized carbons (Fsp3) is 0.667. The van der Waals surface area contributed by atoms with Crippen molar-refractivity contribution < 1.29 is 13.2 Å². The Bertz CT molecular complexity index is 838. The van der Waals surface area contributed by atoms with Crippen LogP contribution in [0.3, 0.4) is 0 Å². The first-order valence-corrected chi connectivity index (χ1v) is 11.5. The van der Waals surface area contributed by atoms with E-state index in [2.05, 4.69) is 11.4 Å². The van der Waals surface area contributed by atoms with Gasteiger partial charge >= 0.3 is 0 Å². The van der Waals surface area contributed by atoms with Gasteiger partial charge in [0.15, 0.2) is 0 Å². The smallest absolute Gasteiger partial charge is 0.252 e. The summed E-state index contributed by atoms with van der Waals surface area (Å²) in [5.41, 5.74) is -1.01. The second kappa shape index (κ2) is 6.32. The Hall–Kier alpha value is -1.43. The number of nitriles is 1. The van der Waals surface area contributed by atoms with Gasteiger partial charge in [-0.15, -0.1) is 11.3 Å². The molecular formula is C18H23N3O3S2. The Kier molecular flexibility index (Phi) is 4.37. The van der Waals surface area contributed by atoms with E-state index in [1.807, 2.05) is 0 Å². The minimum absolute atomic E-state index is 0.122. The van der Waals surface area contributed by atoms with E-state index in [-0.39, 0.29) is 23.9 Å². The highest BCUT2D eigenvalue weighted by molar-refractivity contribution is 7.91. The predicted molar refractivity (Wildman–Crippen MR) is 97.8 cm³/mol. The lowest BCUT2D eigenvalue weighted by atomic mass is 9.91. The molecule has 1 unspecified atom stereocenters. The lowest BCUT2D eigenvalue weighted by Gasteiger charge is -2.32. The quantitative estimate of drug-likeness (QED) is 0.851. The van der Waals surface area contributed by atoms with Crippen molar-refractivity contribution in [1.82, 2.24) is 9.62 Å². The minimum atomic E-state index is -3.50. The Labute approximate surface area is 158 Å². The number of carbonyl (C=O) groups excluding carboxylic acids is 1. The molecular weight excluding hydrogens is 370 g/mol. The van der Waals surface area contributed by atoms with Crippen molar-refractivity contribution in [3.05, 3.63) is 17.5 Å². The van der Waals surface area contributed by atoms with E-state index in [4.69, 9.17) is 0 Å². The summed E-state index contributed by atoms with van der Waals surface area (Å²) >= 11 is 1.21. The van der Waals surface area contributed by atoms with E-state index in [1.165, 1.54) is 15.6 Å². The molecule has 2 aliphatic carbocycles. The number of sulfonamides is 1. The van der Waals surface area contributed by atoms with Gasteiger partial charge in [-0.05, 0) is 43.6 Å². The number of hydrogen-bond donors (Lipinski definition) is 1. The van der Waals surface area contributed by atoms with Crippen LogP contribution in [-0.4, -0.2) is 37.8 Å². The van der Waals surface area contributed by atoms with E-state index in [1.54, 1.807) is 17.5 Å². The Morgan fingerprint density at radius 3 is 2.77 bits per heavy atom. The van der Waals surface area contributed by atoms with Crippen LogP contribution in [-0.2, 0) is 14.8 Å². The second-order valence-corrected chi connectivity index (χ2v) is 10.9. The van der Waals surface area contributed by atoms with Crippen LogP contribution in [0.15, 0.2) is 21.7 Å². The molecule has 1 aliphatic heterocycles. The number of thiophene rings is 1. The molecule has 0 bridgehead atoms. The third kappa shape index (κ3) is 2.68. The Morgan fingerprint density at radius 1 is 1.35 bits per heavy atom. The van der Waals surface area contributed by atoms with Crippen LogP contribution in [0.4, 0.5) is 0 Å². The van der Waals surface area contributed by atoms with E-state index >= 15 is 0 Å². The van der Waals surface area contributed by atoms with Gasteiger partial charge in [0.2, 0.25) is 5.91 Å². The zero-order valence-electron chi connectivity index (χ0n) is 14.6. The van der Waals surface area contributed by atoms with Crippen LogP contribution in [0.1, 0.15) is 44.9 Å². The molecule has 1 saturated heterocycles. The summed E-state index contributed by atoms with van der Waals surface area (Å²) in [7, 11) is -3.50. The van der Waals surface area contributed by atoms with Crippen LogP contribution < -0.4 is 5.32 Å².